The Morgan fingerprint density at radius 1 is 0.729 bits per heavy atom. The van der Waals surface area contributed by atoms with Crippen LogP contribution >= 0.6 is 0 Å². The number of aryl methyl sites for hydroxylation is 1. The number of benzene rings is 5. The number of esters is 1. The molecule has 7 rings (SSSR count). The highest BCUT2D eigenvalue weighted by Crippen LogP contribution is 2.44. The van der Waals surface area contributed by atoms with Crippen LogP contribution in [0.4, 0.5) is 4.79 Å². The van der Waals surface area contributed by atoms with Crippen LogP contribution in [0.15, 0.2) is 128 Å². The first-order chi connectivity index (χ1) is 23.5. The van der Waals surface area contributed by atoms with Crippen LogP contribution in [-0.2, 0) is 33.9 Å². The largest absolute Gasteiger partial charge is 0.489 e. The summed E-state index contributed by atoms with van der Waals surface area (Å²) in [6.07, 6.45) is 1.42. The van der Waals surface area contributed by atoms with Crippen molar-refractivity contribution in [1.82, 2.24) is 10.3 Å². The van der Waals surface area contributed by atoms with Gasteiger partial charge in [-0.05, 0) is 64.1 Å². The standard InChI is InChI=1S/C41H36N2O5/c1-27-14-16-28(17-15-27)24-46-31-20-18-29(19-21-31)25-47-40(44)39(22-30-23-42-38-13-7-6-8-32(30)38)43-41(45)48-26-37-35-11-4-2-9-33(35)34-10-3-5-12-36(34)37/h2-21,23,37,39,42H,22,24-26H2,1H3,(H,43,45)/t39-/m1/s1. The summed E-state index contributed by atoms with van der Waals surface area (Å²) in [5.41, 5.74) is 9.46. The van der Waals surface area contributed by atoms with E-state index in [0.717, 1.165) is 55.6 Å². The van der Waals surface area contributed by atoms with Gasteiger partial charge in [0.1, 0.15) is 31.6 Å². The molecule has 0 unspecified atom stereocenters. The molecule has 0 saturated carbocycles. The van der Waals surface area contributed by atoms with Gasteiger partial charge in [0.15, 0.2) is 0 Å². The van der Waals surface area contributed by atoms with Gasteiger partial charge in [0.25, 0.3) is 0 Å². The summed E-state index contributed by atoms with van der Waals surface area (Å²) in [7, 11) is 0. The molecule has 0 radical (unpaired) electrons. The number of aromatic amines is 1. The number of carbonyl (C=O) groups is 2. The topological polar surface area (TPSA) is 89.7 Å². The second-order valence-electron chi connectivity index (χ2n) is 12.1. The SMILES string of the molecule is Cc1ccc(COc2ccc(COC(=O)[C@@H](Cc3c[nH]c4ccccc34)NC(=O)OCC3c4ccccc4-c4ccccc43)cc2)cc1. The van der Waals surface area contributed by atoms with Crippen LogP contribution in [-0.4, -0.2) is 29.7 Å². The van der Waals surface area contributed by atoms with E-state index in [9.17, 15) is 9.59 Å². The molecule has 0 fully saturated rings. The maximum atomic E-state index is 13.5. The van der Waals surface area contributed by atoms with Crippen LogP contribution in [0.5, 0.6) is 5.75 Å². The van der Waals surface area contributed by atoms with Crippen molar-refractivity contribution in [3.63, 3.8) is 0 Å². The van der Waals surface area contributed by atoms with Crippen LogP contribution < -0.4 is 10.1 Å². The molecular weight excluding hydrogens is 600 g/mol. The zero-order chi connectivity index (χ0) is 32.9. The van der Waals surface area contributed by atoms with Crippen molar-refractivity contribution >= 4 is 23.0 Å². The minimum absolute atomic E-state index is 0.0494. The van der Waals surface area contributed by atoms with Gasteiger partial charge in [-0.15, -0.1) is 0 Å². The lowest BCUT2D eigenvalue weighted by Gasteiger charge is -2.19. The molecule has 1 aromatic heterocycles. The Morgan fingerprint density at radius 2 is 1.35 bits per heavy atom. The van der Waals surface area contributed by atoms with Crippen LogP contribution in [0.1, 0.15) is 39.3 Å². The summed E-state index contributed by atoms with van der Waals surface area (Å²) in [6, 6.07) is 38.9. The highest BCUT2D eigenvalue weighted by Gasteiger charge is 2.30. The van der Waals surface area contributed by atoms with Gasteiger partial charge in [0, 0.05) is 29.4 Å². The number of ether oxygens (including phenoxy) is 3. The molecule has 1 atom stereocenters. The lowest BCUT2D eigenvalue weighted by atomic mass is 9.98. The summed E-state index contributed by atoms with van der Waals surface area (Å²) in [5.74, 6) is 0.0827. The molecule has 0 spiro atoms. The molecule has 240 valence electrons. The quantitative estimate of drug-likeness (QED) is 0.140. The minimum atomic E-state index is -0.961. The minimum Gasteiger partial charge on any atom is -0.489 e. The molecule has 1 aliphatic rings. The third-order valence-corrected chi connectivity index (χ3v) is 8.85. The molecule has 48 heavy (non-hydrogen) atoms. The first kappa shape index (κ1) is 30.8. The number of rotatable bonds is 11. The average Bonchev–Trinajstić information content (AvgIpc) is 3.68. The number of H-pyrrole nitrogens is 1. The van der Waals surface area contributed by atoms with Crippen LogP contribution in [0.2, 0.25) is 0 Å². The van der Waals surface area contributed by atoms with Gasteiger partial charge in [-0.2, -0.15) is 0 Å². The summed E-state index contributed by atoms with van der Waals surface area (Å²) in [5, 5.41) is 3.78. The predicted octanol–water partition coefficient (Wildman–Crippen LogP) is 8.25. The van der Waals surface area contributed by atoms with Crippen molar-refractivity contribution in [2.75, 3.05) is 6.61 Å². The Bertz CT molecular complexity index is 2000. The number of hydrogen-bond acceptors (Lipinski definition) is 5. The molecular formula is C41H36N2O5. The summed E-state index contributed by atoms with van der Waals surface area (Å²) < 4.78 is 17.4. The van der Waals surface area contributed by atoms with E-state index in [1.807, 2.05) is 91.1 Å². The number of para-hydroxylation sites is 1. The Balaban J connectivity index is 1.01. The lowest BCUT2D eigenvalue weighted by Crippen LogP contribution is -2.43. The van der Waals surface area contributed by atoms with Gasteiger partial charge in [-0.1, -0.05) is 109 Å². The molecule has 2 N–H and O–H groups in total. The highest BCUT2D eigenvalue weighted by atomic mass is 16.6. The fourth-order valence-corrected chi connectivity index (χ4v) is 6.28. The van der Waals surface area contributed by atoms with E-state index in [2.05, 4.69) is 53.6 Å². The molecule has 6 aromatic rings. The zero-order valence-electron chi connectivity index (χ0n) is 26.6. The summed E-state index contributed by atoms with van der Waals surface area (Å²) >= 11 is 0. The molecule has 0 aliphatic heterocycles. The fraction of sp³-hybridized carbons (Fsp3) is 0.171. The third-order valence-electron chi connectivity index (χ3n) is 8.85. The molecule has 1 heterocycles. The Labute approximate surface area is 279 Å². The summed E-state index contributed by atoms with van der Waals surface area (Å²) in [6.45, 7) is 2.71. The second kappa shape index (κ2) is 13.9. The van der Waals surface area contributed by atoms with Gasteiger partial charge in [0.05, 0.1) is 0 Å². The normalized spacial score (nSPS) is 12.6. The number of alkyl carbamates (subject to hydrolysis) is 1. The number of carbonyl (C=O) groups excluding carboxylic acids is 2. The lowest BCUT2D eigenvalue weighted by molar-refractivity contribution is -0.147. The third kappa shape index (κ3) is 6.81. The van der Waals surface area contributed by atoms with Crippen molar-refractivity contribution in [2.24, 2.45) is 0 Å². The maximum absolute atomic E-state index is 13.5. The van der Waals surface area contributed by atoms with Gasteiger partial charge in [-0.25, -0.2) is 9.59 Å². The number of amides is 1. The van der Waals surface area contributed by atoms with Gasteiger partial charge < -0.3 is 24.5 Å². The van der Waals surface area contributed by atoms with Crippen molar-refractivity contribution in [2.45, 2.75) is 38.5 Å². The molecule has 7 nitrogen and oxygen atoms in total. The number of nitrogens with one attached hydrogen (secondary N) is 2. The zero-order valence-corrected chi connectivity index (χ0v) is 26.6. The van der Waals surface area contributed by atoms with Crippen molar-refractivity contribution in [1.29, 1.82) is 0 Å². The van der Waals surface area contributed by atoms with Crippen LogP contribution in [0.3, 0.4) is 0 Å². The molecule has 1 amide bonds. The van der Waals surface area contributed by atoms with Crippen LogP contribution in [0.25, 0.3) is 22.0 Å². The molecule has 5 aromatic carbocycles. The van der Waals surface area contributed by atoms with Gasteiger partial charge in [0.2, 0.25) is 0 Å². The van der Waals surface area contributed by atoms with Gasteiger partial charge in [-0.3, -0.25) is 0 Å². The Hall–Kier alpha value is -5.82. The van der Waals surface area contributed by atoms with E-state index < -0.39 is 18.1 Å². The number of fused-ring (bicyclic) bond motifs is 4. The Morgan fingerprint density at radius 3 is 2.08 bits per heavy atom. The van der Waals surface area contributed by atoms with E-state index in [1.54, 1.807) is 0 Å². The van der Waals surface area contributed by atoms with E-state index in [4.69, 9.17) is 14.2 Å². The van der Waals surface area contributed by atoms with E-state index >= 15 is 0 Å². The second-order valence-corrected chi connectivity index (χ2v) is 12.1. The monoisotopic (exact) mass is 636 g/mol. The van der Waals surface area contributed by atoms with E-state index in [0.29, 0.717) is 6.61 Å². The van der Waals surface area contributed by atoms with Crippen LogP contribution in [0, 0.1) is 6.92 Å². The summed E-state index contributed by atoms with van der Waals surface area (Å²) in [4.78, 5) is 30.0. The maximum Gasteiger partial charge on any atom is 0.407 e. The molecule has 0 saturated heterocycles. The van der Waals surface area contributed by atoms with E-state index in [-0.39, 0.29) is 25.6 Å². The average molecular weight is 637 g/mol. The molecule has 7 heteroatoms. The first-order valence-electron chi connectivity index (χ1n) is 16.1. The molecule has 0 bridgehead atoms. The highest BCUT2D eigenvalue weighted by molar-refractivity contribution is 5.86. The van der Waals surface area contributed by atoms with Gasteiger partial charge >= 0.3 is 12.1 Å². The first-order valence-corrected chi connectivity index (χ1v) is 16.1. The van der Waals surface area contributed by atoms with E-state index in [1.165, 1.54) is 5.56 Å². The van der Waals surface area contributed by atoms with Crippen molar-refractivity contribution in [3.8, 4) is 16.9 Å². The number of aromatic nitrogens is 1. The van der Waals surface area contributed by atoms with Crippen molar-refractivity contribution < 1.29 is 23.8 Å². The van der Waals surface area contributed by atoms with Crippen molar-refractivity contribution in [3.05, 3.63) is 161 Å². The number of hydrogen-bond donors (Lipinski definition) is 2. The Kier molecular flexibility index (Phi) is 8.92. The fourth-order valence-electron chi connectivity index (χ4n) is 6.28. The predicted molar refractivity (Wildman–Crippen MR) is 186 cm³/mol. The molecule has 1 aliphatic carbocycles. The smallest absolute Gasteiger partial charge is 0.407 e.